The number of phenolic OH excluding ortho intramolecular Hbond substituents is 1. The van der Waals surface area contributed by atoms with Gasteiger partial charge in [0.25, 0.3) is 0 Å². The molecular weight excluding hydrogens is 464 g/mol. The number of carbonyl (C=O) groups excluding carboxylic acids is 3. The van der Waals surface area contributed by atoms with Crippen molar-refractivity contribution in [2.75, 3.05) is 0 Å². The number of amides is 4. The van der Waals surface area contributed by atoms with Crippen molar-refractivity contribution in [2.45, 2.75) is 135 Å². The number of phenols is 1. The normalized spacial score (nSPS) is 21.7. The number of hydrogen-bond donors (Lipinski definition) is 1. The third-order valence-electron chi connectivity index (χ3n) is 8.59. The van der Waals surface area contributed by atoms with Crippen molar-refractivity contribution in [3.8, 4) is 5.75 Å². The fourth-order valence-corrected chi connectivity index (χ4v) is 6.46. The number of nitrogens with zero attached hydrogens (tertiary/aromatic N) is 2. The molecule has 1 saturated heterocycles. The van der Waals surface area contributed by atoms with Crippen LogP contribution in [0.15, 0.2) is 12.1 Å². The first-order chi connectivity index (χ1) is 17.3. The Bertz CT molecular complexity index is 961. The molecule has 6 nitrogen and oxygen atoms in total. The van der Waals surface area contributed by atoms with E-state index in [9.17, 15) is 19.5 Å². The van der Waals surface area contributed by atoms with Crippen molar-refractivity contribution >= 4 is 17.8 Å². The molecule has 4 amide bonds. The van der Waals surface area contributed by atoms with Gasteiger partial charge in [0, 0.05) is 12.1 Å². The number of urea groups is 1. The van der Waals surface area contributed by atoms with Crippen LogP contribution in [0.3, 0.4) is 0 Å². The van der Waals surface area contributed by atoms with Gasteiger partial charge in [-0.15, -0.1) is 0 Å². The quantitative estimate of drug-likeness (QED) is 0.463. The van der Waals surface area contributed by atoms with Crippen LogP contribution in [0.1, 0.15) is 122 Å². The molecule has 4 rings (SSSR count). The van der Waals surface area contributed by atoms with Crippen LogP contribution in [0.25, 0.3) is 0 Å². The predicted molar refractivity (Wildman–Crippen MR) is 146 cm³/mol. The van der Waals surface area contributed by atoms with E-state index in [-0.39, 0.29) is 52.9 Å². The van der Waals surface area contributed by atoms with E-state index in [0.717, 1.165) is 80.9 Å². The van der Waals surface area contributed by atoms with Crippen molar-refractivity contribution in [3.05, 3.63) is 28.8 Å². The van der Waals surface area contributed by atoms with E-state index < -0.39 is 5.92 Å². The molecule has 1 heterocycles. The molecule has 2 aliphatic carbocycles. The van der Waals surface area contributed by atoms with Crippen LogP contribution >= 0.6 is 0 Å². The molecule has 1 N–H and O–H groups in total. The zero-order valence-electron chi connectivity index (χ0n) is 23.7. The molecule has 6 heteroatoms. The third kappa shape index (κ3) is 5.58. The van der Waals surface area contributed by atoms with Crippen LogP contribution < -0.4 is 0 Å². The maximum Gasteiger partial charge on any atom is 0.333 e. The van der Waals surface area contributed by atoms with E-state index in [2.05, 4.69) is 41.5 Å². The molecule has 0 aromatic heterocycles. The highest BCUT2D eigenvalue weighted by molar-refractivity contribution is 6.16. The van der Waals surface area contributed by atoms with Gasteiger partial charge in [-0.25, -0.2) is 4.79 Å². The van der Waals surface area contributed by atoms with Crippen molar-refractivity contribution in [2.24, 2.45) is 5.92 Å². The molecule has 1 aromatic carbocycles. The first-order valence-electron chi connectivity index (χ1n) is 14.4. The first kappa shape index (κ1) is 27.7. The Morgan fingerprint density at radius 3 is 1.43 bits per heavy atom. The standard InChI is InChI=1S/C31H46N2O4/c1-30(2,3)24-18-20(19-25(26(24)34)31(4,5)6)17-23-27(35)32(21-13-9-7-10-14-21)29(37)33(28(23)36)22-15-11-8-12-16-22/h18-19,21-23,34H,7-17H2,1-6H3. The van der Waals surface area contributed by atoms with Gasteiger partial charge in [-0.3, -0.25) is 19.4 Å². The Balaban J connectivity index is 1.75. The van der Waals surface area contributed by atoms with Crippen LogP contribution in [-0.4, -0.2) is 44.8 Å². The minimum absolute atomic E-state index is 0.120. The van der Waals surface area contributed by atoms with Crippen molar-refractivity contribution < 1.29 is 19.5 Å². The molecule has 1 aromatic rings. The van der Waals surface area contributed by atoms with Crippen molar-refractivity contribution in [3.63, 3.8) is 0 Å². The van der Waals surface area contributed by atoms with Crippen LogP contribution in [-0.2, 0) is 26.8 Å². The van der Waals surface area contributed by atoms with Crippen LogP contribution in [0.5, 0.6) is 5.75 Å². The minimum Gasteiger partial charge on any atom is -0.507 e. The van der Waals surface area contributed by atoms with Gasteiger partial charge in [0.05, 0.1) is 0 Å². The summed E-state index contributed by atoms with van der Waals surface area (Å²) in [6.45, 7) is 12.4. The molecule has 0 atom stereocenters. The highest BCUT2D eigenvalue weighted by atomic mass is 16.3. The number of barbiturate groups is 1. The Labute approximate surface area is 222 Å². The summed E-state index contributed by atoms with van der Waals surface area (Å²) in [4.78, 5) is 44.5. The summed E-state index contributed by atoms with van der Waals surface area (Å²) in [6.07, 6.45) is 9.78. The molecule has 1 aliphatic heterocycles. The van der Waals surface area contributed by atoms with Gasteiger partial charge in [0.15, 0.2) is 0 Å². The lowest BCUT2D eigenvalue weighted by molar-refractivity contribution is -0.153. The number of imide groups is 2. The number of benzene rings is 1. The van der Waals surface area contributed by atoms with Crippen LogP contribution in [0.2, 0.25) is 0 Å². The summed E-state index contributed by atoms with van der Waals surface area (Å²) in [7, 11) is 0. The second-order valence-corrected chi connectivity index (χ2v) is 13.6. The second kappa shape index (κ2) is 10.4. The van der Waals surface area contributed by atoms with E-state index in [1.807, 2.05) is 12.1 Å². The zero-order valence-corrected chi connectivity index (χ0v) is 23.7. The number of aromatic hydroxyl groups is 1. The smallest absolute Gasteiger partial charge is 0.333 e. The molecular formula is C31H46N2O4. The van der Waals surface area contributed by atoms with Gasteiger partial charge in [0.1, 0.15) is 11.7 Å². The lowest BCUT2D eigenvalue weighted by atomic mass is 9.77. The van der Waals surface area contributed by atoms with Gasteiger partial charge < -0.3 is 5.11 Å². The molecule has 204 valence electrons. The second-order valence-electron chi connectivity index (χ2n) is 13.6. The fourth-order valence-electron chi connectivity index (χ4n) is 6.46. The number of carbonyl (C=O) groups is 3. The van der Waals surface area contributed by atoms with Crippen molar-refractivity contribution in [1.82, 2.24) is 9.80 Å². The summed E-state index contributed by atoms with van der Waals surface area (Å²) < 4.78 is 0. The maximum atomic E-state index is 13.9. The molecule has 0 spiro atoms. The van der Waals surface area contributed by atoms with Gasteiger partial charge in [-0.1, -0.05) is 92.2 Å². The summed E-state index contributed by atoms with van der Waals surface area (Å²) in [5, 5.41) is 11.2. The largest absolute Gasteiger partial charge is 0.507 e. The topological polar surface area (TPSA) is 77.9 Å². The lowest BCUT2D eigenvalue weighted by Gasteiger charge is -2.45. The number of rotatable bonds is 4. The van der Waals surface area contributed by atoms with Gasteiger partial charge >= 0.3 is 6.03 Å². The summed E-state index contributed by atoms with van der Waals surface area (Å²) in [5.41, 5.74) is 1.88. The zero-order chi connectivity index (χ0) is 27.1. The average molecular weight is 511 g/mol. The van der Waals surface area contributed by atoms with Gasteiger partial charge in [-0.05, 0) is 59.6 Å². The third-order valence-corrected chi connectivity index (χ3v) is 8.59. The Kier molecular flexibility index (Phi) is 7.79. The molecule has 0 radical (unpaired) electrons. The molecule has 2 saturated carbocycles. The van der Waals surface area contributed by atoms with E-state index in [4.69, 9.17) is 0 Å². The summed E-state index contributed by atoms with van der Waals surface area (Å²) >= 11 is 0. The van der Waals surface area contributed by atoms with Crippen molar-refractivity contribution in [1.29, 1.82) is 0 Å². The highest BCUT2D eigenvalue weighted by Gasteiger charge is 2.50. The molecule has 0 bridgehead atoms. The highest BCUT2D eigenvalue weighted by Crippen LogP contribution is 2.41. The minimum atomic E-state index is -0.910. The molecule has 3 aliphatic rings. The van der Waals surface area contributed by atoms with Crippen LogP contribution in [0.4, 0.5) is 4.79 Å². The maximum absolute atomic E-state index is 13.9. The molecule has 3 fully saturated rings. The average Bonchev–Trinajstić information content (AvgIpc) is 2.82. The molecule has 37 heavy (non-hydrogen) atoms. The summed E-state index contributed by atoms with van der Waals surface area (Å²) in [6, 6.07) is 3.28. The van der Waals surface area contributed by atoms with E-state index >= 15 is 0 Å². The van der Waals surface area contributed by atoms with Gasteiger partial charge in [-0.2, -0.15) is 0 Å². The predicted octanol–water partition coefficient (Wildman–Crippen LogP) is 6.60. The SMILES string of the molecule is CC(C)(C)c1cc(CC2C(=O)N(C3CCCCC3)C(=O)N(C3CCCCC3)C2=O)cc(C(C)(C)C)c1O. The van der Waals surface area contributed by atoms with E-state index in [1.165, 1.54) is 9.80 Å². The summed E-state index contributed by atoms with van der Waals surface area (Å²) in [5.74, 6) is -1.30. The van der Waals surface area contributed by atoms with Crippen LogP contribution in [0, 0.1) is 5.92 Å². The number of hydrogen-bond acceptors (Lipinski definition) is 4. The monoisotopic (exact) mass is 510 g/mol. The van der Waals surface area contributed by atoms with Gasteiger partial charge in [0.2, 0.25) is 11.8 Å². The fraction of sp³-hybridized carbons (Fsp3) is 0.710. The Hall–Kier alpha value is -2.37. The van der Waals surface area contributed by atoms with E-state index in [1.54, 1.807) is 0 Å². The van der Waals surface area contributed by atoms with E-state index in [0.29, 0.717) is 0 Å². The lowest BCUT2D eigenvalue weighted by Crippen LogP contribution is -2.65. The Morgan fingerprint density at radius 2 is 1.08 bits per heavy atom. The Morgan fingerprint density at radius 1 is 0.703 bits per heavy atom. The molecule has 0 unspecified atom stereocenters. The first-order valence-corrected chi connectivity index (χ1v) is 14.4.